The Morgan fingerprint density at radius 3 is 2.33 bits per heavy atom. The Balaban J connectivity index is 2.22. The van der Waals surface area contributed by atoms with E-state index in [1.807, 2.05) is 0 Å². The number of alkyl halides is 3. The Morgan fingerprint density at radius 2 is 1.78 bits per heavy atom. The Hall–Kier alpha value is -2.91. The molecule has 2 heterocycles. The number of halogens is 4. The van der Waals surface area contributed by atoms with Crippen molar-refractivity contribution in [1.82, 2.24) is 9.97 Å². The van der Waals surface area contributed by atoms with Gasteiger partial charge in [0.15, 0.2) is 40.3 Å². The van der Waals surface area contributed by atoms with E-state index in [2.05, 4.69) is 15.3 Å². The molecule has 0 amide bonds. The number of anilines is 1. The van der Waals surface area contributed by atoms with E-state index in [0.717, 1.165) is 12.1 Å². The van der Waals surface area contributed by atoms with Crippen molar-refractivity contribution in [2.75, 3.05) is 12.4 Å². The van der Waals surface area contributed by atoms with Gasteiger partial charge in [0, 0.05) is 25.3 Å². The van der Waals surface area contributed by atoms with E-state index in [0.29, 0.717) is 0 Å². The molecule has 1 saturated carbocycles. The highest BCUT2D eigenvalue weighted by atomic mass is 19.4. The second-order valence-corrected chi connectivity index (χ2v) is 6.08. The lowest BCUT2D eigenvalue weighted by molar-refractivity contribution is -0.142. The predicted octanol–water partition coefficient (Wildman–Crippen LogP) is 2.95. The third-order valence-corrected chi connectivity index (χ3v) is 4.28. The summed E-state index contributed by atoms with van der Waals surface area (Å²) in [5.74, 6) is -5.66. The molecule has 0 radical (unpaired) electrons. The molecule has 1 fully saturated rings. The van der Waals surface area contributed by atoms with Gasteiger partial charge in [-0.1, -0.05) is 0 Å². The summed E-state index contributed by atoms with van der Waals surface area (Å²) in [5.41, 5.74) is -2.93. The fourth-order valence-electron chi connectivity index (χ4n) is 3.01. The normalized spacial score (nSPS) is 16.0. The van der Waals surface area contributed by atoms with Gasteiger partial charge in [-0.3, -0.25) is 14.4 Å². The van der Waals surface area contributed by atoms with Gasteiger partial charge in [0.1, 0.15) is 5.92 Å². The highest BCUT2D eigenvalue weighted by Crippen LogP contribution is 2.35. The Morgan fingerprint density at radius 1 is 1.15 bits per heavy atom. The number of Topliss-reactive ketones (excluding diaryl/α,β-unsaturated/α-hetero) is 3. The van der Waals surface area contributed by atoms with Gasteiger partial charge in [-0.05, 0) is 18.6 Å². The minimum absolute atomic E-state index is 0.0633. The van der Waals surface area contributed by atoms with E-state index in [4.69, 9.17) is 0 Å². The lowest BCUT2D eigenvalue weighted by Crippen LogP contribution is -2.36. The first-order valence-corrected chi connectivity index (χ1v) is 7.99. The standard InChI is InChI=1S/C17H13F4N3O3/c1-22-16-9(18)6-7-5-8(14(17(19,20)21)23-15(7)24-16)13(27)12-10(25)3-2-4-11(12)26/h5-6,12H,2-4H2,1H3,(H,22,23,24). The molecule has 6 nitrogen and oxygen atoms in total. The summed E-state index contributed by atoms with van der Waals surface area (Å²) in [5, 5.41) is 2.23. The van der Waals surface area contributed by atoms with Gasteiger partial charge in [0.2, 0.25) is 0 Å². The second kappa shape index (κ2) is 6.67. The van der Waals surface area contributed by atoms with E-state index in [-0.39, 0.29) is 30.5 Å². The molecule has 142 valence electrons. The number of hydrogen-bond acceptors (Lipinski definition) is 6. The van der Waals surface area contributed by atoms with Gasteiger partial charge in [-0.25, -0.2) is 14.4 Å². The molecule has 1 aliphatic carbocycles. The van der Waals surface area contributed by atoms with Crippen molar-refractivity contribution in [3.05, 3.63) is 29.2 Å². The fourth-order valence-corrected chi connectivity index (χ4v) is 3.01. The van der Waals surface area contributed by atoms with Gasteiger partial charge in [-0.15, -0.1) is 0 Å². The summed E-state index contributed by atoms with van der Waals surface area (Å²) in [7, 11) is 1.33. The maximum Gasteiger partial charge on any atom is 0.434 e. The molecule has 2 aromatic rings. The van der Waals surface area contributed by atoms with Crippen molar-refractivity contribution in [3.63, 3.8) is 0 Å². The summed E-state index contributed by atoms with van der Waals surface area (Å²) in [6, 6.07) is 1.65. The number of fused-ring (bicyclic) bond motifs is 1. The van der Waals surface area contributed by atoms with Gasteiger partial charge in [0.05, 0.1) is 5.56 Å². The quantitative estimate of drug-likeness (QED) is 0.498. The van der Waals surface area contributed by atoms with Crippen LogP contribution in [0.5, 0.6) is 0 Å². The molecule has 0 saturated heterocycles. The summed E-state index contributed by atoms with van der Waals surface area (Å²) in [4.78, 5) is 43.6. The van der Waals surface area contributed by atoms with Crippen LogP contribution in [0.3, 0.4) is 0 Å². The van der Waals surface area contributed by atoms with Gasteiger partial charge < -0.3 is 5.32 Å². The zero-order valence-electron chi connectivity index (χ0n) is 14.0. The SMILES string of the molecule is CNc1nc2nc(C(F)(F)F)c(C(=O)C3C(=O)CCCC3=O)cc2cc1F. The third-order valence-electron chi connectivity index (χ3n) is 4.28. The molecule has 2 aromatic heterocycles. The van der Waals surface area contributed by atoms with E-state index >= 15 is 0 Å². The summed E-state index contributed by atoms with van der Waals surface area (Å²) >= 11 is 0. The van der Waals surface area contributed by atoms with E-state index < -0.39 is 52.2 Å². The smallest absolute Gasteiger partial charge is 0.371 e. The average Bonchev–Trinajstić information content (AvgIpc) is 2.59. The van der Waals surface area contributed by atoms with Crippen LogP contribution in [0.15, 0.2) is 12.1 Å². The van der Waals surface area contributed by atoms with Crippen LogP contribution >= 0.6 is 0 Å². The first kappa shape index (κ1) is 18.9. The van der Waals surface area contributed by atoms with Crippen LogP contribution < -0.4 is 5.32 Å². The van der Waals surface area contributed by atoms with Crippen molar-refractivity contribution in [2.45, 2.75) is 25.4 Å². The summed E-state index contributed by atoms with van der Waals surface area (Å²) in [6.07, 6.45) is -4.90. The molecule has 27 heavy (non-hydrogen) atoms. The number of rotatable bonds is 3. The van der Waals surface area contributed by atoms with Gasteiger partial charge >= 0.3 is 6.18 Å². The summed E-state index contributed by atoms with van der Waals surface area (Å²) < 4.78 is 54.3. The first-order chi connectivity index (χ1) is 12.6. The first-order valence-electron chi connectivity index (χ1n) is 7.99. The van der Waals surface area contributed by atoms with Crippen LogP contribution in [0.25, 0.3) is 11.0 Å². The number of carbonyl (C=O) groups is 3. The van der Waals surface area contributed by atoms with Crippen LogP contribution in [-0.4, -0.2) is 34.4 Å². The van der Waals surface area contributed by atoms with Crippen molar-refractivity contribution < 1.29 is 31.9 Å². The number of ketones is 3. The maximum absolute atomic E-state index is 13.9. The van der Waals surface area contributed by atoms with Crippen molar-refractivity contribution >= 4 is 34.2 Å². The molecule has 0 aliphatic heterocycles. The molecule has 1 N–H and O–H groups in total. The molecule has 0 spiro atoms. The molecule has 0 aromatic carbocycles. The number of aromatic nitrogens is 2. The number of pyridine rings is 2. The second-order valence-electron chi connectivity index (χ2n) is 6.08. The fraction of sp³-hybridized carbons (Fsp3) is 0.353. The lowest BCUT2D eigenvalue weighted by atomic mass is 9.81. The van der Waals surface area contributed by atoms with E-state index in [1.54, 1.807) is 0 Å². The minimum atomic E-state index is -5.03. The van der Waals surface area contributed by atoms with Crippen LogP contribution in [0, 0.1) is 11.7 Å². The zero-order valence-corrected chi connectivity index (χ0v) is 14.0. The number of carbonyl (C=O) groups excluding carboxylic acids is 3. The molecular weight excluding hydrogens is 370 g/mol. The van der Waals surface area contributed by atoms with Crippen molar-refractivity contribution in [1.29, 1.82) is 0 Å². The van der Waals surface area contributed by atoms with Crippen LogP contribution in [0.1, 0.15) is 35.3 Å². The third kappa shape index (κ3) is 3.38. The Labute approximate surface area is 150 Å². The van der Waals surface area contributed by atoms with Gasteiger partial charge in [0.25, 0.3) is 0 Å². The molecule has 0 unspecified atom stereocenters. The monoisotopic (exact) mass is 383 g/mol. The molecule has 3 rings (SSSR count). The Bertz CT molecular complexity index is 956. The topological polar surface area (TPSA) is 89.0 Å². The largest absolute Gasteiger partial charge is 0.434 e. The number of nitrogens with zero attached hydrogens (tertiary/aromatic N) is 2. The Kier molecular flexibility index (Phi) is 4.66. The maximum atomic E-state index is 13.9. The van der Waals surface area contributed by atoms with Crippen molar-refractivity contribution in [3.8, 4) is 0 Å². The number of nitrogens with one attached hydrogen (secondary N) is 1. The minimum Gasteiger partial charge on any atom is -0.371 e. The van der Waals surface area contributed by atoms with Crippen LogP contribution in [-0.2, 0) is 15.8 Å². The van der Waals surface area contributed by atoms with Crippen LogP contribution in [0.4, 0.5) is 23.4 Å². The molecule has 10 heteroatoms. The molecular formula is C17H13F4N3O3. The van der Waals surface area contributed by atoms with Gasteiger partial charge in [-0.2, -0.15) is 13.2 Å². The van der Waals surface area contributed by atoms with Crippen LogP contribution in [0.2, 0.25) is 0 Å². The van der Waals surface area contributed by atoms with Crippen molar-refractivity contribution in [2.24, 2.45) is 5.92 Å². The molecule has 0 atom stereocenters. The van der Waals surface area contributed by atoms with E-state index in [1.165, 1.54) is 7.05 Å². The highest BCUT2D eigenvalue weighted by Gasteiger charge is 2.43. The predicted molar refractivity (Wildman–Crippen MR) is 85.7 cm³/mol. The highest BCUT2D eigenvalue weighted by molar-refractivity contribution is 6.25. The average molecular weight is 383 g/mol. The molecule has 1 aliphatic rings. The van der Waals surface area contributed by atoms with E-state index in [9.17, 15) is 31.9 Å². The summed E-state index contributed by atoms with van der Waals surface area (Å²) in [6.45, 7) is 0. The zero-order chi connectivity index (χ0) is 19.9. The molecule has 0 bridgehead atoms. The number of hydrogen-bond donors (Lipinski definition) is 1. The lowest BCUT2D eigenvalue weighted by Gasteiger charge is -2.20.